The van der Waals surface area contributed by atoms with Crippen molar-refractivity contribution in [1.29, 1.82) is 0 Å². The minimum absolute atomic E-state index is 0. The van der Waals surface area contributed by atoms with Crippen LogP contribution in [0.2, 0.25) is 0 Å². The Kier molecular flexibility index (Phi) is 8.32. The number of imidazole rings is 1. The molecule has 0 amide bonds. The first kappa shape index (κ1) is 23.8. The lowest BCUT2D eigenvalue weighted by atomic mass is 10.2. The summed E-state index contributed by atoms with van der Waals surface area (Å²) in [5, 5.41) is 3.36. The van der Waals surface area contributed by atoms with Gasteiger partial charge in [-0.15, -0.1) is 24.0 Å². The number of guanidine groups is 1. The van der Waals surface area contributed by atoms with Crippen LogP contribution in [-0.4, -0.2) is 60.7 Å². The number of aromatic nitrogens is 2. The second-order valence-electron chi connectivity index (χ2n) is 7.33. The highest BCUT2D eigenvalue weighted by molar-refractivity contribution is 14.0. The quantitative estimate of drug-likeness (QED) is 0.300. The lowest BCUT2D eigenvalue weighted by Crippen LogP contribution is -2.52. The molecule has 0 radical (unpaired) electrons. The lowest BCUT2D eigenvalue weighted by Gasteiger charge is -2.37. The second kappa shape index (κ2) is 11.2. The first-order valence-electron chi connectivity index (χ1n) is 10.3. The van der Waals surface area contributed by atoms with Gasteiger partial charge in [0.25, 0.3) is 0 Å². The van der Waals surface area contributed by atoms with Gasteiger partial charge < -0.3 is 24.4 Å². The van der Waals surface area contributed by atoms with Gasteiger partial charge in [0.05, 0.1) is 19.1 Å². The van der Waals surface area contributed by atoms with Gasteiger partial charge in [0, 0.05) is 63.9 Å². The van der Waals surface area contributed by atoms with Crippen molar-refractivity contribution in [1.82, 2.24) is 19.8 Å². The zero-order chi connectivity index (χ0) is 21.6. The van der Waals surface area contributed by atoms with E-state index in [1.54, 1.807) is 49.6 Å². The summed E-state index contributed by atoms with van der Waals surface area (Å²) < 4.78 is 21.5. The first-order valence-corrected chi connectivity index (χ1v) is 10.3. The number of benzene rings is 2. The molecule has 1 aliphatic rings. The van der Waals surface area contributed by atoms with E-state index in [-0.39, 0.29) is 29.8 Å². The van der Waals surface area contributed by atoms with Crippen molar-refractivity contribution in [3.05, 3.63) is 72.6 Å². The minimum atomic E-state index is -0.279. The molecule has 2 heterocycles. The fraction of sp³-hybridized carbons (Fsp3) is 0.304. The third-order valence-corrected chi connectivity index (χ3v) is 5.45. The molecule has 0 atom stereocenters. The van der Waals surface area contributed by atoms with Crippen LogP contribution >= 0.6 is 24.0 Å². The van der Waals surface area contributed by atoms with Gasteiger partial charge >= 0.3 is 0 Å². The molecule has 1 N–H and O–H groups in total. The molecule has 9 heteroatoms. The summed E-state index contributed by atoms with van der Waals surface area (Å²) in [4.78, 5) is 13.0. The van der Waals surface area contributed by atoms with Crippen LogP contribution in [0.4, 0.5) is 10.1 Å². The number of nitrogens with one attached hydrogen (secondary N) is 1. The van der Waals surface area contributed by atoms with Gasteiger partial charge in [-0.2, -0.15) is 0 Å². The summed E-state index contributed by atoms with van der Waals surface area (Å²) in [6.45, 7) is 3.99. The summed E-state index contributed by atoms with van der Waals surface area (Å²) in [7, 11) is 3.46. The van der Waals surface area contributed by atoms with Gasteiger partial charge in [0.15, 0.2) is 5.96 Å². The Morgan fingerprint density at radius 2 is 1.97 bits per heavy atom. The van der Waals surface area contributed by atoms with Crippen molar-refractivity contribution in [3.63, 3.8) is 0 Å². The first-order chi connectivity index (χ1) is 15.2. The molecule has 0 aliphatic carbocycles. The molecule has 0 unspecified atom stereocenters. The number of methoxy groups -OCH3 is 1. The third kappa shape index (κ3) is 5.50. The van der Waals surface area contributed by atoms with Gasteiger partial charge in [-0.1, -0.05) is 12.1 Å². The lowest BCUT2D eigenvalue weighted by molar-refractivity contribution is 0.372. The summed E-state index contributed by atoms with van der Waals surface area (Å²) in [6, 6.07) is 13.4. The molecule has 32 heavy (non-hydrogen) atoms. The highest BCUT2D eigenvalue weighted by Gasteiger charge is 2.20. The van der Waals surface area contributed by atoms with E-state index < -0.39 is 0 Å². The smallest absolute Gasteiger partial charge is 0.194 e. The van der Waals surface area contributed by atoms with Crippen LogP contribution in [0.15, 0.2) is 66.2 Å². The van der Waals surface area contributed by atoms with E-state index >= 15 is 0 Å². The Hall–Kier alpha value is -2.82. The molecular weight excluding hydrogens is 522 g/mol. The highest BCUT2D eigenvalue weighted by atomic mass is 127. The van der Waals surface area contributed by atoms with E-state index in [0.717, 1.165) is 49.1 Å². The van der Waals surface area contributed by atoms with Gasteiger partial charge in [-0.3, -0.25) is 4.99 Å². The van der Waals surface area contributed by atoms with E-state index in [0.29, 0.717) is 12.2 Å². The number of nitrogens with zero attached hydrogens (tertiary/aromatic N) is 5. The maximum Gasteiger partial charge on any atom is 0.194 e. The van der Waals surface area contributed by atoms with Crippen molar-refractivity contribution in [2.45, 2.75) is 6.54 Å². The van der Waals surface area contributed by atoms with E-state index in [1.807, 2.05) is 18.2 Å². The van der Waals surface area contributed by atoms with Crippen LogP contribution in [0.25, 0.3) is 5.69 Å². The van der Waals surface area contributed by atoms with Crippen molar-refractivity contribution >= 4 is 35.6 Å². The van der Waals surface area contributed by atoms with E-state index in [2.05, 4.69) is 37.2 Å². The minimum Gasteiger partial charge on any atom is -0.497 e. The Morgan fingerprint density at radius 3 is 2.62 bits per heavy atom. The monoisotopic (exact) mass is 550 g/mol. The average molecular weight is 550 g/mol. The Balaban J connectivity index is 0.00000289. The number of rotatable bonds is 5. The van der Waals surface area contributed by atoms with Crippen LogP contribution in [0, 0.1) is 5.82 Å². The van der Waals surface area contributed by atoms with E-state index in [1.165, 1.54) is 0 Å². The molecule has 1 aromatic heterocycles. The van der Waals surface area contributed by atoms with Gasteiger partial charge in [0.1, 0.15) is 11.6 Å². The maximum atomic E-state index is 14.5. The summed E-state index contributed by atoms with van der Waals surface area (Å²) in [6.07, 6.45) is 4.94. The number of ether oxygens (including phenoxy) is 1. The van der Waals surface area contributed by atoms with Crippen molar-refractivity contribution in [3.8, 4) is 11.4 Å². The average Bonchev–Trinajstić information content (AvgIpc) is 3.35. The molecule has 4 rings (SSSR count). The molecule has 3 aromatic rings. The molecule has 1 fully saturated rings. The SMILES string of the molecule is CN=C(NCc1ccc(-n2ccnc2)c(F)c1)N1CCN(c2cccc(OC)c2)CC1.I. The predicted octanol–water partition coefficient (Wildman–Crippen LogP) is 3.54. The highest BCUT2D eigenvalue weighted by Crippen LogP contribution is 2.22. The number of piperazine rings is 1. The number of hydrogen-bond acceptors (Lipinski definition) is 4. The second-order valence-corrected chi connectivity index (χ2v) is 7.33. The Morgan fingerprint density at radius 1 is 1.16 bits per heavy atom. The molecule has 0 spiro atoms. The maximum absolute atomic E-state index is 14.5. The van der Waals surface area contributed by atoms with Crippen molar-refractivity contribution < 1.29 is 9.13 Å². The fourth-order valence-corrected chi connectivity index (χ4v) is 3.77. The molecule has 7 nitrogen and oxygen atoms in total. The normalized spacial score (nSPS) is 14.2. The summed E-state index contributed by atoms with van der Waals surface area (Å²) >= 11 is 0. The standard InChI is InChI=1S/C23H27FN6O.HI/c1-25-23(27-16-18-6-7-22(21(24)14-18)30-9-8-26-17-30)29-12-10-28(11-13-29)19-4-3-5-20(15-19)31-2;/h3-9,14-15,17H,10-13,16H2,1-2H3,(H,25,27);1H. The van der Waals surface area contributed by atoms with E-state index in [9.17, 15) is 4.39 Å². The topological polar surface area (TPSA) is 57.9 Å². The molecule has 0 saturated carbocycles. The van der Waals surface area contributed by atoms with Crippen molar-refractivity contribution in [2.75, 3.05) is 45.2 Å². The summed E-state index contributed by atoms with van der Waals surface area (Å²) in [5.74, 6) is 1.41. The molecule has 170 valence electrons. The fourth-order valence-electron chi connectivity index (χ4n) is 3.77. The van der Waals surface area contributed by atoms with Crippen LogP contribution in [0.3, 0.4) is 0 Å². The van der Waals surface area contributed by atoms with Gasteiger partial charge in [-0.25, -0.2) is 9.37 Å². The number of aliphatic imine (C=N–C) groups is 1. The largest absolute Gasteiger partial charge is 0.497 e. The molecule has 2 aromatic carbocycles. The predicted molar refractivity (Wildman–Crippen MR) is 136 cm³/mol. The number of anilines is 1. The zero-order valence-electron chi connectivity index (χ0n) is 18.2. The van der Waals surface area contributed by atoms with Crippen LogP contribution in [-0.2, 0) is 6.54 Å². The molecule has 1 aliphatic heterocycles. The third-order valence-electron chi connectivity index (χ3n) is 5.45. The van der Waals surface area contributed by atoms with Crippen LogP contribution in [0.5, 0.6) is 5.75 Å². The molecule has 1 saturated heterocycles. The number of hydrogen-bond donors (Lipinski definition) is 1. The molecular formula is C23H28FIN6O. The summed E-state index contributed by atoms with van der Waals surface area (Å²) in [5.41, 5.74) is 2.51. The number of halogens is 2. The Labute approximate surface area is 204 Å². The molecule has 0 bridgehead atoms. The van der Waals surface area contributed by atoms with E-state index in [4.69, 9.17) is 4.74 Å². The van der Waals surface area contributed by atoms with Crippen LogP contribution in [0.1, 0.15) is 5.56 Å². The Bertz CT molecular complexity index is 1030. The van der Waals surface area contributed by atoms with Gasteiger partial charge in [0.2, 0.25) is 0 Å². The van der Waals surface area contributed by atoms with Gasteiger partial charge in [-0.05, 0) is 29.8 Å². The zero-order valence-corrected chi connectivity index (χ0v) is 20.6. The van der Waals surface area contributed by atoms with Crippen LogP contribution < -0.4 is 15.0 Å². The van der Waals surface area contributed by atoms with Crippen molar-refractivity contribution in [2.24, 2.45) is 4.99 Å².